The molecule has 1 N–H and O–H groups in total. The molecule has 156 valence electrons. The minimum Gasteiger partial charge on any atom is -0.492 e. The molecule has 3 aromatic rings. The Morgan fingerprint density at radius 3 is 2.60 bits per heavy atom. The molecule has 7 heteroatoms. The number of H-pyrrole nitrogens is 1. The van der Waals surface area contributed by atoms with Crippen LogP contribution in [0.2, 0.25) is 0 Å². The van der Waals surface area contributed by atoms with Crippen molar-refractivity contribution >= 4 is 5.91 Å². The van der Waals surface area contributed by atoms with Gasteiger partial charge in [0.1, 0.15) is 25.6 Å². The maximum absolute atomic E-state index is 13.0. The second kappa shape index (κ2) is 8.49. The third kappa shape index (κ3) is 4.25. The number of aromatic amines is 1. The van der Waals surface area contributed by atoms with Crippen molar-refractivity contribution in [3.05, 3.63) is 59.3 Å². The normalized spacial score (nSPS) is 12.5. The van der Waals surface area contributed by atoms with E-state index in [1.165, 1.54) is 0 Å². The van der Waals surface area contributed by atoms with Crippen molar-refractivity contribution in [3.8, 4) is 28.5 Å². The van der Waals surface area contributed by atoms with Crippen molar-refractivity contribution in [3.63, 3.8) is 0 Å². The maximum Gasteiger partial charge on any atom is 0.257 e. The Bertz CT molecular complexity index is 1040. The van der Waals surface area contributed by atoms with Gasteiger partial charge < -0.3 is 19.1 Å². The van der Waals surface area contributed by atoms with E-state index in [1.807, 2.05) is 44.2 Å². The van der Waals surface area contributed by atoms with Gasteiger partial charge in [-0.25, -0.2) is 0 Å². The first-order valence-corrected chi connectivity index (χ1v) is 9.91. The molecule has 0 radical (unpaired) electrons. The van der Waals surface area contributed by atoms with Gasteiger partial charge in [0.15, 0.2) is 11.5 Å². The van der Waals surface area contributed by atoms with Crippen LogP contribution < -0.4 is 14.2 Å². The molecular formula is C23H25N3O4. The maximum atomic E-state index is 13.0. The van der Waals surface area contributed by atoms with Crippen LogP contribution in [-0.2, 0) is 0 Å². The SMILES string of the molecule is Cc1cc(C)cc(OCCN(C)C(=O)c2cn[nH]c2-c2ccc3c(c2)OCCO3)c1. The lowest BCUT2D eigenvalue weighted by molar-refractivity contribution is 0.0774. The molecule has 0 bridgehead atoms. The zero-order valence-electron chi connectivity index (χ0n) is 17.4. The highest BCUT2D eigenvalue weighted by molar-refractivity contribution is 5.99. The predicted octanol–water partition coefficient (Wildman–Crippen LogP) is 3.62. The van der Waals surface area contributed by atoms with E-state index in [4.69, 9.17) is 14.2 Å². The van der Waals surface area contributed by atoms with Crippen LogP contribution in [0.3, 0.4) is 0 Å². The summed E-state index contributed by atoms with van der Waals surface area (Å²) in [5.41, 5.74) is 4.27. The number of hydrogen-bond donors (Lipinski definition) is 1. The van der Waals surface area contributed by atoms with Crippen LogP contribution in [0.15, 0.2) is 42.6 Å². The standard InChI is InChI=1S/C23H25N3O4/c1-15-10-16(2)12-18(11-15)28-7-6-26(3)23(27)19-14-24-25-22(19)17-4-5-20-21(13-17)30-9-8-29-20/h4-5,10-14H,6-9H2,1-3H3,(H,24,25). The monoisotopic (exact) mass is 407 g/mol. The van der Waals surface area contributed by atoms with E-state index in [2.05, 4.69) is 16.3 Å². The van der Waals surface area contributed by atoms with Crippen molar-refractivity contribution in [2.45, 2.75) is 13.8 Å². The molecule has 4 rings (SSSR count). The van der Waals surface area contributed by atoms with Crippen LogP contribution in [0.25, 0.3) is 11.3 Å². The summed E-state index contributed by atoms with van der Waals surface area (Å²) < 4.78 is 17.1. The number of likely N-dealkylation sites (N-methyl/N-ethyl adjacent to an activating group) is 1. The molecular weight excluding hydrogens is 382 g/mol. The Morgan fingerprint density at radius 1 is 1.10 bits per heavy atom. The highest BCUT2D eigenvalue weighted by atomic mass is 16.6. The molecule has 0 unspecified atom stereocenters. The second-order valence-electron chi connectivity index (χ2n) is 7.42. The molecule has 0 fully saturated rings. The van der Waals surface area contributed by atoms with Crippen molar-refractivity contribution in [2.75, 3.05) is 33.4 Å². The number of benzene rings is 2. The van der Waals surface area contributed by atoms with E-state index < -0.39 is 0 Å². The number of ether oxygens (including phenoxy) is 3. The Kier molecular flexibility index (Phi) is 5.61. The summed E-state index contributed by atoms with van der Waals surface area (Å²) in [5.74, 6) is 2.06. The summed E-state index contributed by atoms with van der Waals surface area (Å²) in [6, 6.07) is 11.7. The Balaban J connectivity index is 1.43. The zero-order valence-corrected chi connectivity index (χ0v) is 17.4. The summed E-state index contributed by atoms with van der Waals surface area (Å²) in [7, 11) is 1.76. The summed E-state index contributed by atoms with van der Waals surface area (Å²) >= 11 is 0. The van der Waals surface area contributed by atoms with E-state index >= 15 is 0 Å². The third-order valence-electron chi connectivity index (χ3n) is 4.94. The molecule has 30 heavy (non-hydrogen) atoms. The molecule has 0 saturated heterocycles. The highest BCUT2D eigenvalue weighted by Gasteiger charge is 2.21. The minimum atomic E-state index is -0.127. The van der Waals surface area contributed by atoms with Crippen molar-refractivity contribution in [2.24, 2.45) is 0 Å². The Labute approximate surface area is 175 Å². The molecule has 1 aliphatic rings. The first kappa shape index (κ1) is 19.8. The topological polar surface area (TPSA) is 76.7 Å². The van der Waals surface area contributed by atoms with Crippen LogP contribution in [0.1, 0.15) is 21.5 Å². The Morgan fingerprint density at radius 2 is 1.83 bits per heavy atom. The number of hydrogen-bond acceptors (Lipinski definition) is 5. The number of fused-ring (bicyclic) bond motifs is 1. The fourth-order valence-electron chi connectivity index (χ4n) is 3.49. The van der Waals surface area contributed by atoms with Crippen LogP contribution in [0, 0.1) is 13.8 Å². The lowest BCUT2D eigenvalue weighted by Gasteiger charge is -2.20. The fourth-order valence-corrected chi connectivity index (χ4v) is 3.49. The quantitative estimate of drug-likeness (QED) is 0.675. The van der Waals surface area contributed by atoms with Crippen molar-refractivity contribution in [1.29, 1.82) is 0 Å². The van der Waals surface area contributed by atoms with Gasteiger partial charge in [-0.05, 0) is 55.3 Å². The smallest absolute Gasteiger partial charge is 0.257 e. The number of nitrogens with one attached hydrogen (secondary N) is 1. The van der Waals surface area contributed by atoms with Gasteiger partial charge in [0.25, 0.3) is 5.91 Å². The van der Waals surface area contributed by atoms with Gasteiger partial charge in [-0.15, -0.1) is 0 Å². The molecule has 1 aromatic heterocycles. The summed E-state index contributed by atoms with van der Waals surface area (Å²) in [4.78, 5) is 14.6. The number of aryl methyl sites for hydroxylation is 2. The summed E-state index contributed by atoms with van der Waals surface area (Å²) in [5, 5.41) is 7.02. The molecule has 0 aliphatic carbocycles. The average Bonchev–Trinajstić information content (AvgIpc) is 3.22. The zero-order chi connectivity index (χ0) is 21.1. The molecule has 1 aliphatic heterocycles. The van der Waals surface area contributed by atoms with E-state index in [1.54, 1.807) is 18.1 Å². The van der Waals surface area contributed by atoms with Gasteiger partial charge in [-0.3, -0.25) is 9.89 Å². The molecule has 7 nitrogen and oxygen atoms in total. The average molecular weight is 407 g/mol. The number of nitrogens with zero attached hydrogens (tertiary/aromatic N) is 2. The lowest BCUT2D eigenvalue weighted by atomic mass is 10.1. The molecule has 2 heterocycles. The van der Waals surface area contributed by atoms with Gasteiger partial charge in [-0.2, -0.15) is 5.10 Å². The second-order valence-corrected chi connectivity index (χ2v) is 7.42. The molecule has 2 aromatic carbocycles. The number of carbonyl (C=O) groups excluding carboxylic acids is 1. The van der Waals surface area contributed by atoms with Gasteiger partial charge in [-0.1, -0.05) is 6.07 Å². The van der Waals surface area contributed by atoms with Gasteiger partial charge in [0.05, 0.1) is 24.0 Å². The number of aromatic nitrogens is 2. The van der Waals surface area contributed by atoms with Crippen LogP contribution in [-0.4, -0.2) is 54.4 Å². The first-order valence-electron chi connectivity index (χ1n) is 9.91. The van der Waals surface area contributed by atoms with E-state index in [0.29, 0.717) is 49.1 Å². The largest absolute Gasteiger partial charge is 0.492 e. The van der Waals surface area contributed by atoms with E-state index in [0.717, 1.165) is 22.4 Å². The van der Waals surface area contributed by atoms with Crippen LogP contribution >= 0.6 is 0 Å². The van der Waals surface area contributed by atoms with Gasteiger partial charge in [0.2, 0.25) is 0 Å². The van der Waals surface area contributed by atoms with Crippen LogP contribution in [0.4, 0.5) is 0 Å². The van der Waals surface area contributed by atoms with E-state index in [9.17, 15) is 4.79 Å². The van der Waals surface area contributed by atoms with Crippen LogP contribution in [0.5, 0.6) is 17.2 Å². The predicted molar refractivity (Wildman–Crippen MR) is 113 cm³/mol. The lowest BCUT2D eigenvalue weighted by Crippen LogP contribution is -2.31. The first-order chi connectivity index (χ1) is 14.5. The Hall–Kier alpha value is -3.48. The summed E-state index contributed by atoms with van der Waals surface area (Å²) in [6.45, 7) is 5.98. The van der Waals surface area contributed by atoms with Gasteiger partial charge >= 0.3 is 0 Å². The number of carbonyl (C=O) groups is 1. The molecule has 1 amide bonds. The van der Waals surface area contributed by atoms with Gasteiger partial charge in [0, 0.05) is 12.6 Å². The molecule has 0 spiro atoms. The third-order valence-corrected chi connectivity index (χ3v) is 4.94. The van der Waals surface area contributed by atoms with Crippen molar-refractivity contribution < 1.29 is 19.0 Å². The number of rotatable bonds is 6. The fraction of sp³-hybridized carbons (Fsp3) is 0.304. The molecule has 0 saturated carbocycles. The van der Waals surface area contributed by atoms with Crippen molar-refractivity contribution in [1.82, 2.24) is 15.1 Å². The van der Waals surface area contributed by atoms with E-state index in [-0.39, 0.29) is 5.91 Å². The molecule has 0 atom stereocenters. The number of amides is 1. The summed E-state index contributed by atoms with van der Waals surface area (Å²) in [6.07, 6.45) is 1.55. The minimum absolute atomic E-state index is 0.127. The highest BCUT2D eigenvalue weighted by Crippen LogP contribution is 2.35.